The molecular formula is C16H31N5. The number of aryl methyl sites for hydroxylation is 1. The number of hydrogen-bond acceptors (Lipinski definition) is 4. The number of nitrogens with one attached hydrogen (secondary N) is 1. The predicted molar refractivity (Wildman–Crippen MR) is 87.5 cm³/mol. The van der Waals surface area contributed by atoms with Gasteiger partial charge < -0.3 is 14.8 Å². The maximum Gasteiger partial charge on any atom is 0.127 e. The van der Waals surface area contributed by atoms with E-state index >= 15 is 0 Å². The summed E-state index contributed by atoms with van der Waals surface area (Å²) >= 11 is 0. The normalized spacial score (nSPS) is 22.6. The van der Waals surface area contributed by atoms with Gasteiger partial charge >= 0.3 is 0 Å². The minimum Gasteiger partial charge on any atom is -0.334 e. The minimum atomic E-state index is 0.305. The Morgan fingerprint density at radius 1 is 1.29 bits per heavy atom. The molecule has 2 unspecified atom stereocenters. The van der Waals surface area contributed by atoms with Crippen LogP contribution in [0.15, 0.2) is 12.4 Å². The zero-order valence-corrected chi connectivity index (χ0v) is 14.0. The molecule has 2 rings (SSSR count). The Balaban J connectivity index is 2.22. The van der Waals surface area contributed by atoms with Crippen molar-refractivity contribution in [1.82, 2.24) is 24.7 Å². The Bertz CT molecular complexity index is 417. The molecule has 1 fully saturated rings. The Hall–Kier alpha value is -0.910. The maximum absolute atomic E-state index is 4.68. The summed E-state index contributed by atoms with van der Waals surface area (Å²) in [6.07, 6.45) is 6.35. The van der Waals surface area contributed by atoms with E-state index in [0.29, 0.717) is 12.1 Å². The van der Waals surface area contributed by atoms with Gasteiger partial charge in [-0.25, -0.2) is 4.98 Å². The predicted octanol–water partition coefficient (Wildman–Crippen LogP) is 1.58. The first-order valence-corrected chi connectivity index (χ1v) is 8.30. The molecule has 0 amide bonds. The van der Waals surface area contributed by atoms with Crippen LogP contribution >= 0.6 is 0 Å². The molecule has 0 aromatic carbocycles. The van der Waals surface area contributed by atoms with Crippen LogP contribution in [0, 0.1) is 0 Å². The summed E-state index contributed by atoms with van der Waals surface area (Å²) in [6, 6.07) is 0.785. The highest BCUT2D eigenvalue weighted by Crippen LogP contribution is 2.22. The highest BCUT2D eigenvalue weighted by atomic mass is 15.3. The van der Waals surface area contributed by atoms with Crippen molar-refractivity contribution in [2.45, 2.75) is 45.3 Å². The molecule has 0 spiro atoms. The third-order valence-corrected chi connectivity index (χ3v) is 4.39. The molecule has 1 aliphatic rings. The molecule has 2 heterocycles. The summed E-state index contributed by atoms with van der Waals surface area (Å²) in [4.78, 5) is 9.59. The van der Waals surface area contributed by atoms with Crippen LogP contribution in [0.5, 0.6) is 0 Å². The van der Waals surface area contributed by atoms with Gasteiger partial charge in [-0.2, -0.15) is 0 Å². The zero-order chi connectivity index (χ0) is 15.2. The molecule has 0 saturated carbocycles. The molecule has 0 radical (unpaired) electrons. The van der Waals surface area contributed by atoms with Crippen LogP contribution in [0.4, 0.5) is 0 Å². The SMILES string of the molecule is CCCNC(c1nccn1CCC)C1CN(C)CCN1C. The van der Waals surface area contributed by atoms with Gasteiger partial charge in [0.25, 0.3) is 0 Å². The van der Waals surface area contributed by atoms with Crippen molar-refractivity contribution in [2.75, 3.05) is 40.3 Å². The molecule has 1 N–H and O–H groups in total. The monoisotopic (exact) mass is 293 g/mol. The second-order valence-corrected chi connectivity index (χ2v) is 6.22. The number of imidazole rings is 1. The van der Waals surface area contributed by atoms with Gasteiger partial charge in [0.1, 0.15) is 5.82 Å². The van der Waals surface area contributed by atoms with Crippen molar-refractivity contribution < 1.29 is 0 Å². The van der Waals surface area contributed by atoms with Gasteiger partial charge in [0.05, 0.1) is 6.04 Å². The number of likely N-dealkylation sites (N-methyl/N-ethyl adjacent to an activating group) is 2. The topological polar surface area (TPSA) is 36.3 Å². The lowest BCUT2D eigenvalue weighted by Gasteiger charge is -2.42. The van der Waals surface area contributed by atoms with Crippen molar-refractivity contribution in [3.05, 3.63) is 18.2 Å². The lowest BCUT2D eigenvalue weighted by atomic mass is 10.0. The third-order valence-electron chi connectivity index (χ3n) is 4.39. The van der Waals surface area contributed by atoms with Crippen LogP contribution in [0.25, 0.3) is 0 Å². The van der Waals surface area contributed by atoms with E-state index in [2.05, 4.69) is 58.8 Å². The highest BCUT2D eigenvalue weighted by Gasteiger charge is 2.32. The Labute approximate surface area is 129 Å². The van der Waals surface area contributed by atoms with E-state index < -0.39 is 0 Å². The maximum atomic E-state index is 4.68. The summed E-state index contributed by atoms with van der Waals surface area (Å²) in [5, 5.41) is 3.74. The van der Waals surface area contributed by atoms with Gasteiger partial charge in [-0.1, -0.05) is 13.8 Å². The Morgan fingerprint density at radius 3 is 2.81 bits per heavy atom. The summed E-state index contributed by atoms with van der Waals surface area (Å²) in [5.74, 6) is 1.19. The van der Waals surface area contributed by atoms with E-state index in [9.17, 15) is 0 Å². The van der Waals surface area contributed by atoms with Crippen LogP contribution in [-0.2, 0) is 6.54 Å². The third kappa shape index (κ3) is 4.05. The minimum absolute atomic E-state index is 0.305. The summed E-state index contributed by atoms with van der Waals surface area (Å²) in [5.41, 5.74) is 0. The quantitative estimate of drug-likeness (QED) is 0.828. The molecule has 1 aromatic heterocycles. The first-order chi connectivity index (χ1) is 10.2. The molecule has 5 nitrogen and oxygen atoms in total. The average molecular weight is 293 g/mol. The van der Waals surface area contributed by atoms with Crippen LogP contribution < -0.4 is 5.32 Å². The van der Waals surface area contributed by atoms with Crippen LogP contribution in [0.2, 0.25) is 0 Å². The Kier molecular flexibility index (Phi) is 6.21. The molecule has 1 aromatic rings. The highest BCUT2D eigenvalue weighted by molar-refractivity contribution is 5.06. The van der Waals surface area contributed by atoms with Crippen molar-refractivity contribution in [3.63, 3.8) is 0 Å². The second-order valence-electron chi connectivity index (χ2n) is 6.22. The van der Waals surface area contributed by atoms with Crippen molar-refractivity contribution >= 4 is 0 Å². The first kappa shape index (κ1) is 16.5. The van der Waals surface area contributed by atoms with E-state index in [1.807, 2.05) is 6.20 Å². The average Bonchev–Trinajstić information content (AvgIpc) is 2.92. The molecule has 5 heteroatoms. The van der Waals surface area contributed by atoms with Gasteiger partial charge in [-0.05, 0) is 33.5 Å². The van der Waals surface area contributed by atoms with E-state index in [4.69, 9.17) is 0 Å². The summed E-state index contributed by atoms with van der Waals surface area (Å²) < 4.78 is 2.32. The summed E-state index contributed by atoms with van der Waals surface area (Å²) in [7, 11) is 4.46. The van der Waals surface area contributed by atoms with Gasteiger partial charge in [-0.3, -0.25) is 4.90 Å². The van der Waals surface area contributed by atoms with Gasteiger partial charge in [0, 0.05) is 44.6 Å². The lowest BCUT2D eigenvalue weighted by Crippen LogP contribution is -2.55. The van der Waals surface area contributed by atoms with Crippen LogP contribution in [-0.4, -0.2) is 65.7 Å². The molecule has 2 atom stereocenters. The number of piperazine rings is 1. The van der Waals surface area contributed by atoms with Crippen molar-refractivity contribution in [2.24, 2.45) is 0 Å². The van der Waals surface area contributed by atoms with Gasteiger partial charge in [0.2, 0.25) is 0 Å². The van der Waals surface area contributed by atoms with Gasteiger partial charge in [-0.15, -0.1) is 0 Å². The molecular weight excluding hydrogens is 262 g/mol. The fraction of sp³-hybridized carbons (Fsp3) is 0.812. The Morgan fingerprint density at radius 2 is 2.10 bits per heavy atom. The van der Waals surface area contributed by atoms with E-state index in [1.165, 1.54) is 5.82 Å². The fourth-order valence-corrected chi connectivity index (χ4v) is 3.13. The molecule has 0 aliphatic carbocycles. The summed E-state index contributed by atoms with van der Waals surface area (Å²) in [6.45, 7) is 9.90. The fourth-order valence-electron chi connectivity index (χ4n) is 3.13. The molecule has 120 valence electrons. The van der Waals surface area contributed by atoms with E-state index in [0.717, 1.165) is 45.6 Å². The van der Waals surface area contributed by atoms with E-state index in [1.54, 1.807) is 0 Å². The largest absolute Gasteiger partial charge is 0.334 e. The van der Waals surface area contributed by atoms with Crippen LogP contribution in [0.1, 0.15) is 38.6 Å². The van der Waals surface area contributed by atoms with Crippen molar-refractivity contribution in [3.8, 4) is 0 Å². The smallest absolute Gasteiger partial charge is 0.127 e. The lowest BCUT2D eigenvalue weighted by molar-refractivity contribution is 0.0843. The standard InChI is InChI=1S/C16H31N5/c1-5-7-17-15(14-13-19(3)11-12-20(14)4)16-18-8-10-21(16)9-6-2/h8,10,14-15,17H,5-7,9,11-13H2,1-4H3. The number of aromatic nitrogens is 2. The first-order valence-electron chi connectivity index (χ1n) is 8.30. The molecule has 0 bridgehead atoms. The van der Waals surface area contributed by atoms with Crippen LogP contribution in [0.3, 0.4) is 0 Å². The molecule has 1 aliphatic heterocycles. The number of nitrogens with zero attached hydrogens (tertiary/aromatic N) is 4. The van der Waals surface area contributed by atoms with E-state index in [-0.39, 0.29) is 0 Å². The van der Waals surface area contributed by atoms with Crippen molar-refractivity contribution in [1.29, 1.82) is 0 Å². The van der Waals surface area contributed by atoms with Gasteiger partial charge in [0.15, 0.2) is 0 Å². The number of rotatable bonds is 7. The zero-order valence-electron chi connectivity index (χ0n) is 14.0. The molecule has 21 heavy (non-hydrogen) atoms. The molecule has 1 saturated heterocycles. The number of hydrogen-bond donors (Lipinski definition) is 1. The second kappa shape index (κ2) is 7.92.